The van der Waals surface area contributed by atoms with E-state index in [-0.39, 0.29) is 5.24 Å². The lowest BCUT2D eigenvalue weighted by Crippen LogP contribution is -2.19. The average Bonchev–Trinajstić information content (AvgIpc) is 2.28. The van der Waals surface area contributed by atoms with Crippen molar-refractivity contribution in [3.05, 3.63) is 29.3 Å². The van der Waals surface area contributed by atoms with Crippen LogP contribution in [0.3, 0.4) is 0 Å². The van der Waals surface area contributed by atoms with E-state index in [9.17, 15) is 4.79 Å². The van der Waals surface area contributed by atoms with Crippen molar-refractivity contribution < 1.29 is 9.53 Å². The van der Waals surface area contributed by atoms with Crippen molar-refractivity contribution in [2.75, 3.05) is 13.7 Å². The number of benzene rings is 1. The third-order valence-corrected chi connectivity index (χ3v) is 2.76. The molecule has 1 aromatic carbocycles. The quantitative estimate of drug-likeness (QED) is 0.792. The second kappa shape index (κ2) is 6.55. The Bertz CT molecular complexity index is 391. The van der Waals surface area contributed by atoms with E-state index in [1.807, 2.05) is 12.1 Å². The van der Waals surface area contributed by atoms with E-state index in [0.717, 1.165) is 12.2 Å². The normalized spacial score (nSPS) is 10.4. The fourth-order valence-electron chi connectivity index (χ4n) is 1.70. The Morgan fingerprint density at radius 2 is 2.18 bits per heavy atom. The van der Waals surface area contributed by atoms with Crippen LogP contribution in [0.25, 0.3) is 0 Å². The molecule has 1 rings (SSSR count). The van der Waals surface area contributed by atoms with Crippen LogP contribution >= 0.6 is 12.6 Å². The summed E-state index contributed by atoms with van der Waals surface area (Å²) in [5.41, 5.74) is 2.39. The average molecular weight is 253 g/mol. The molecule has 0 aliphatic carbocycles. The van der Waals surface area contributed by atoms with Crippen molar-refractivity contribution in [3.63, 3.8) is 0 Å². The number of methoxy groups -OCH3 is 1. The summed E-state index contributed by atoms with van der Waals surface area (Å²) < 4.78 is 5.32. The van der Waals surface area contributed by atoms with Crippen LogP contribution in [0.4, 0.5) is 4.79 Å². The first-order valence-electron chi connectivity index (χ1n) is 5.68. The lowest BCUT2D eigenvalue weighted by molar-refractivity contribution is 0.261. The molecule has 0 fully saturated rings. The van der Waals surface area contributed by atoms with Crippen molar-refractivity contribution >= 4 is 17.9 Å². The van der Waals surface area contributed by atoms with Gasteiger partial charge in [-0.15, -0.1) is 0 Å². The van der Waals surface area contributed by atoms with E-state index < -0.39 is 0 Å². The molecule has 0 heterocycles. The van der Waals surface area contributed by atoms with Gasteiger partial charge in [0.1, 0.15) is 5.75 Å². The molecule has 0 bridgehead atoms. The minimum Gasteiger partial charge on any atom is -0.496 e. The monoisotopic (exact) mass is 253 g/mol. The molecule has 1 aromatic rings. The molecule has 0 saturated carbocycles. The number of ether oxygens (including phenoxy) is 1. The number of carbonyl (C=O) groups excluding carboxylic acids is 1. The molecule has 17 heavy (non-hydrogen) atoms. The van der Waals surface area contributed by atoms with Crippen LogP contribution in [0.1, 0.15) is 30.9 Å². The highest BCUT2D eigenvalue weighted by Crippen LogP contribution is 2.27. The fourth-order valence-corrected chi connectivity index (χ4v) is 1.82. The fraction of sp³-hybridized carbons (Fsp3) is 0.462. The van der Waals surface area contributed by atoms with Crippen molar-refractivity contribution in [1.29, 1.82) is 0 Å². The molecule has 3 nitrogen and oxygen atoms in total. The first kappa shape index (κ1) is 13.9. The van der Waals surface area contributed by atoms with E-state index in [0.29, 0.717) is 12.5 Å². The minimum absolute atomic E-state index is 0.289. The second-order valence-corrected chi connectivity index (χ2v) is 4.62. The highest BCUT2D eigenvalue weighted by molar-refractivity contribution is 7.96. The maximum atomic E-state index is 10.6. The van der Waals surface area contributed by atoms with Gasteiger partial charge in [0, 0.05) is 6.54 Å². The van der Waals surface area contributed by atoms with Crippen LogP contribution in [0.5, 0.6) is 5.75 Å². The summed E-state index contributed by atoms with van der Waals surface area (Å²) in [4.78, 5) is 10.6. The zero-order valence-corrected chi connectivity index (χ0v) is 11.4. The molecule has 1 amide bonds. The van der Waals surface area contributed by atoms with Gasteiger partial charge in [0.05, 0.1) is 7.11 Å². The molecule has 0 spiro atoms. The van der Waals surface area contributed by atoms with E-state index in [1.54, 1.807) is 7.11 Å². The molecule has 4 heteroatoms. The summed E-state index contributed by atoms with van der Waals surface area (Å²) in [7, 11) is 1.68. The number of nitrogens with one attached hydrogen (secondary N) is 1. The summed E-state index contributed by atoms with van der Waals surface area (Å²) in [6.45, 7) is 4.88. The first-order valence-corrected chi connectivity index (χ1v) is 6.13. The Hall–Kier alpha value is -1.16. The summed E-state index contributed by atoms with van der Waals surface area (Å²) in [5, 5.41) is 2.38. The largest absolute Gasteiger partial charge is 0.496 e. The highest BCUT2D eigenvalue weighted by atomic mass is 32.1. The second-order valence-electron chi connectivity index (χ2n) is 4.21. The van der Waals surface area contributed by atoms with E-state index in [4.69, 9.17) is 4.74 Å². The van der Waals surface area contributed by atoms with Crippen LogP contribution < -0.4 is 10.1 Å². The van der Waals surface area contributed by atoms with Crippen molar-refractivity contribution in [2.24, 2.45) is 0 Å². The Kier molecular flexibility index (Phi) is 5.35. The van der Waals surface area contributed by atoms with Crippen molar-refractivity contribution in [3.8, 4) is 5.75 Å². The summed E-state index contributed by atoms with van der Waals surface area (Å²) in [6, 6.07) is 6.14. The van der Waals surface area contributed by atoms with Crippen LogP contribution in [0, 0.1) is 0 Å². The van der Waals surface area contributed by atoms with Gasteiger partial charge in [-0.05, 0) is 29.5 Å². The molecule has 0 aromatic heterocycles. The topological polar surface area (TPSA) is 38.3 Å². The molecule has 0 unspecified atom stereocenters. The third kappa shape index (κ3) is 4.30. The Balaban J connectivity index is 2.74. The number of hydrogen-bond donors (Lipinski definition) is 2. The number of thiol groups is 1. The van der Waals surface area contributed by atoms with Gasteiger partial charge in [-0.3, -0.25) is 4.79 Å². The van der Waals surface area contributed by atoms with Crippen LogP contribution in [-0.2, 0) is 6.42 Å². The maximum Gasteiger partial charge on any atom is 0.275 e. The maximum absolute atomic E-state index is 10.6. The highest BCUT2D eigenvalue weighted by Gasteiger charge is 2.08. The molecule has 0 atom stereocenters. The Morgan fingerprint density at radius 1 is 1.47 bits per heavy atom. The molecule has 94 valence electrons. The van der Waals surface area contributed by atoms with E-state index in [1.165, 1.54) is 11.1 Å². The van der Waals surface area contributed by atoms with E-state index in [2.05, 4.69) is 37.9 Å². The number of amides is 1. The van der Waals surface area contributed by atoms with Gasteiger partial charge in [-0.2, -0.15) is 0 Å². The summed E-state index contributed by atoms with van der Waals surface area (Å²) in [6.07, 6.45) is 0.802. The third-order valence-electron chi connectivity index (χ3n) is 2.61. The standard InChI is InChI=1S/C13H19NO2S/c1-9(2)11-8-10(4-5-12(11)16-3)6-7-14-13(15)17/h4-5,8-9H,6-7H2,1-3H3,(H2,14,15,17). The van der Waals surface area contributed by atoms with Gasteiger partial charge in [0.25, 0.3) is 5.24 Å². The zero-order chi connectivity index (χ0) is 12.8. The van der Waals surface area contributed by atoms with Crippen LogP contribution in [-0.4, -0.2) is 18.9 Å². The Morgan fingerprint density at radius 3 is 2.71 bits per heavy atom. The van der Waals surface area contributed by atoms with Gasteiger partial charge < -0.3 is 10.1 Å². The predicted molar refractivity (Wildman–Crippen MR) is 73.2 cm³/mol. The number of carbonyl (C=O) groups is 1. The summed E-state index contributed by atoms with van der Waals surface area (Å²) in [5.74, 6) is 1.34. The van der Waals surface area contributed by atoms with Gasteiger partial charge in [-0.25, -0.2) is 0 Å². The lowest BCUT2D eigenvalue weighted by Gasteiger charge is -2.13. The van der Waals surface area contributed by atoms with Gasteiger partial charge in [0.2, 0.25) is 0 Å². The van der Waals surface area contributed by atoms with Gasteiger partial charge in [0.15, 0.2) is 0 Å². The van der Waals surface area contributed by atoms with Gasteiger partial charge >= 0.3 is 0 Å². The number of hydrogen-bond acceptors (Lipinski definition) is 2. The SMILES string of the molecule is COc1ccc(CCNC(=O)S)cc1C(C)C. The van der Waals surface area contributed by atoms with Gasteiger partial charge in [-0.1, -0.05) is 38.6 Å². The van der Waals surface area contributed by atoms with E-state index >= 15 is 0 Å². The molecule has 0 radical (unpaired) electrons. The van der Waals surface area contributed by atoms with Crippen molar-refractivity contribution in [1.82, 2.24) is 5.32 Å². The van der Waals surface area contributed by atoms with Crippen LogP contribution in [0.15, 0.2) is 18.2 Å². The molecule has 1 N–H and O–H groups in total. The molecule has 0 aliphatic rings. The number of rotatable bonds is 5. The zero-order valence-electron chi connectivity index (χ0n) is 10.5. The lowest BCUT2D eigenvalue weighted by atomic mass is 9.98. The molecular weight excluding hydrogens is 234 g/mol. The molecular formula is C13H19NO2S. The Labute approximate surface area is 108 Å². The summed E-state index contributed by atoms with van der Waals surface area (Å²) >= 11 is 3.66. The van der Waals surface area contributed by atoms with Crippen LogP contribution in [0.2, 0.25) is 0 Å². The predicted octanol–water partition coefficient (Wildman–Crippen LogP) is 3.00. The molecule has 0 aliphatic heterocycles. The first-order chi connectivity index (χ1) is 8.04. The smallest absolute Gasteiger partial charge is 0.275 e. The molecule has 0 saturated heterocycles. The minimum atomic E-state index is -0.289. The van der Waals surface area contributed by atoms with Crippen molar-refractivity contribution in [2.45, 2.75) is 26.2 Å².